The Kier molecular flexibility index (Phi) is 7.09. The summed E-state index contributed by atoms with van der Waals surface area (Å²) in [4.78, 5) is 37.9. The molecule has 0 spiro atoms. The number of ether oxygens (including phenoxy) is 1. The number of nitrogens with one attached hydrogen (secondary N) is 3. The number of rotatable bonds is 5. The summed E-state index contributed by atoms with van der Waals surface area (Å²) in [6.45, 7) is 0.872. The smallest absolute Gasteiger partial charge is 0.328 e. The number of hydrogen-bond donors (Lipinski definition) is 3. The van der Waals surface area contributed by atoms with E-state index in [9.17, 15) is 14.4 Å². The second-order valence-corrected chi connectivity index (χ2v) is 8.71. The molecule has 2 aromatic carbocycles. The van der Waals surface area contributed by atoms with E-state index in [4.69, 9.17) is 39.5 Å². The van der Waals surface area contributed by atoms with Crippen LogP contribution in [0.2, 0.25) is 15.1 Å². The molecule has 1 aromatic heterocycles. The van der Waals surface area contributed by atoms with Gasteiger partial charge < -0.3 is 15.4 Å². The molecule has 3 N–H and O–H groups in total. The average Bonchev–Trinajstić information content (AvgIpc) is 3.42. The monoisotopic (exact) mass is 508 g/mol. The van der Waals surface area contributed by atoms with Crippen LogP contribution in [0.3, 0.4) is 0 Å². The summed E-state index contributed by atoms with van der Waals surface area (Å²) in [5.74, 6) is -2.33. The standard InChI is InChI=1S/C22H19Cl3N4O4/c23-13-4-6-18-12(8-13)9-19(20(30)27-17-5-3-14(24)10-16(17)25)29(18)28-22(32)21(31)26-11-15-2-1-7-33-15/h3-6,8-10,15H,1-2,7,11H2,(H,26,31)(H,27,30)(H,28,32)/t15-/m1/s1. The molecule has 0 bridgehead atoms. The van der Waals surface area contributed by atoms with Gasteiger partial charge in [0.1, 0.15) is 5.69 Å². The summed E-state index contributed by atoms with van der Waals surface area (Å²) in [5.41, 5.74) is 3.37. The first-order valence-corrected chi connectivity index (χ1v) is 11.2. The van der Waals surface area contributed by atoms with Crippen LogP contribution in [0.15, 0.2) is 42.5 Å². The molecule has 8 nitrogen and oxygen atoms in total. The summed E-state index contributed by atoms with van der Waals surface area (Å²) in [6, 6.07) is 11.1. The lowest BCUT2D eigenvalue weighted by Crippen LogP contribution is -2.42. The number of carbonyl (C=O) groups is 3. The molecule has 4 rings (SSSR count). The van der Waals surface area contributed by atoms with Gasteiger partial charge in [-0.2, -0.15) is 0 Å². The molecule has 1 fully saturated rings. The molecule has 0 aliphatic carbocycles. The molecule has 3 amide bonds. The van der Waals surface area contributed by atoms with Crippen LogP contribution in [0, 0.1) is 0 Å². The number of carbonyl (C=O) groups excluding carboxylic acids is 3. The highest BCUT2D eigenvalue weighted by Crippen LogP contribution is 2.27. The molecular formula is C22H19Cl3N4O4. The zero-order valence-corrected chi connectivity index (χ0v) is 19.4. The summed E-state index contributed by atoms with van der Waals surface area (Å²) >= 11 is 18.2. The van der Waals surface area contributed by atoms with Gasteiger partial charge in [0.25, 0.3) is 5.91 Å². The van der Waals surface area contributed by atoms with Gasteiger partial charge in [0, 0.05) is 28.6 Å². The second-order valence-electron chi connectivity index (χ2n) is 7.43. The normalized spacial score (nSPS) is 15.4. The molecule has 33 heavy (non-hydrogen) atoms. The Bertz CT molecular complexity index is 1240. The van der Waals surface area contributed by atoms with E-state index in [0.717, 1.165) is 12.8 Å². The summed E-state index contributed by atoms with van der Waals surface area (Å²) in [6.07, 6.45) is 1.63. The van der Waals surface area contributed by atoms with E-state index in [2.05, 4.69) is 16.1 Å². The highest BCUT2D eigenvalue weighted by Gasteiger charge is 2.23. The van der Waals surface area contributed by atoms with Gasteiger partial charge in [-0.1, -0.05) is 34.8 Å². The lowest BCUT2D eigenvalue weighted by molar-refractivity contribution is -0.136. The number of anilines is 1. The van der Waals surface area contributed by atoms with E-state index >= 15 is 0 Å². The summed E-state index contributed by atoms with van der Waals surface area (Å²) in [7, 11) is 0. The Morgan fingerprint density at radius 3 is 2.48 bits per heavy atom. The Labute approximate surface area is 204 Å². The van der Waals surface area contributed by atoms with Crippen molar-refractivity contribution < 1.29 is 19.1 Å². The minimum atomic E-state index is -0.931. The second kappa shape index (κ2) is 10.0. The van der Waals surface area contributed by atoms with Crippen LogP contribution in [-0.4, -0.2) is 41.7 Å². The van der Waals surface area contributed by atoms with Crippen LogP contribution < -0.4 is 16.1 Å². The maximum absolute atomic E-state index is 13.1. The Morgan fingerprint density at radius 2 is 1.76 bits per heavy atom. The molecule has 172 valence electrons. The van der Waals surface area contributed by atoms with Crippen molar-refractivity contribution in [3.63, 3.8) is 0 Å². The van der Waals surface area contributed by atoms with Gasteiger partial charge in [0.15, 0.2) is 0 Å². The third-order valence-corrected chi connectivity index (χ3v) is 5.89. The predicted octanol–water partition coefficient (Wildman–Crippen LogP) is 4.22. The van der Waals surface area contributed by atoms with Gasteiger partial charge in [-0.05, 0) is 55.3 Å². The molecule has 1 atom stereocenters. The lowest BCUT2D eigenvalue weighted by atomic mass is 10.2. The number of nitrogens with zero attached hydrogens (tertiary/aromatic N) is 1. The molecule has 2 heterocycles. The maximum atomic E-state index is 13.1. The zero-order chi connectivity index (χ0) is 23.5. The molecule has 11 heteroatoms. The van der Waals surface area contributed by atoms with Gasteiger partial charge in [0.2, 0.25) is 0 Å². The van der Waals surface area contributed by atoms with Crippen LogP contribution >= 0.6 is 34.8 Å². The summed E-state index contributed by atoms with van der Waals surface area (Å²) in [5, 5.41) is 6.95. The van der Waals surface area contributed by atoms with Gasteiger partial charge in [-0.25, -0.2) is 4.68 Å². The molecule has 3 aromatic rings. The van der Waals surface area contributed by atoms with Gasteiger partial charge in [-0.15, -0.1) is 0 Å². The largest absolute Gasteiger partial charge is 0.376 e. The third-order valence-electron chi connectivity index (χ3n) is 5.11. The minimum absolute atomic E-state index is 0.0681. The van der Waals surface area contributed by atoms with Gasteiger partial charge in [-0.3, -0.25) is 19.8 Å². The molecule has 0 unspecified atom stereocenters. The first-order valence-electron chi connectivity index (χ1n) is 10.1. The number of halogens is 3. The average molecular weight is 510 g/mol. The van der Waals surface area contributed by atoms with Crippen molar-refractivity contribution in [1.29, 1.82) is 0 Å². The van der Waals surface area contributed by atoms with Crippen molar-refractivity contribution in [2.24, 2.45) is 0 Å². The first kappa shape index (κ1) is 23.4. The molecule has 0 radical (unpaired) electrons. The minimum Gasteiger partial charge on any atom is -0.376 e. The lowest BCUT2D eigenvalue weighted by Gasteiger charge is -2.14. The van der Waals surface area contributed by atoms with Crippen molar-refractivity contribution in [2.75, 3.05) is 23.9 Å². The van der Waals surface area contributed by atoms with Crippen LogP contribution in [-0.2, 0) is 14.3 Å². The van der Waals surface area contributed by atoms with Gasteiger partial charge in [0.05, 0.1) is 22.3 Å². The number of hydrogen-bond acceptors (Lipinski definition) is 4. The fourth-order valence-corrected chi connectivity index (χ4v) is 4.13. The van der Waals surface area contributed by atoms with E-state index < -0.39 is 17.7 Å². The van der Waals surface area contributed by atoms with Crippen LogP contribution in [0.1, 0.15) is 23.3 Å². The zero-order valence-electron chi connectivity index (χ0n) is 17.2. The number of amides is 3. The van der Waals surface area contributed by atoms with Crippen molar-refractivity contribution in [3.8, 4) is 0 Å². The topological polar surface area (TPSA) is 101 Å². The van der Waals surface area contributed by atoms with E-state index in [-0.39, 0.29) is 23.4 Å². The Hall–Kier alpha value is -2.78. The van der Waals surface area contributed by atoms with Crippen molar-refractivity contribution in [1.82, 2.24) is 9.99 Å². The highest BCUT2D eigenvalue weighted by molar-refractivity contribution is 6.38. The van der Waals surface area contributed by atoms with Crippen LogP contribution in [0.4, 0.5) is 5.69 Å². The predicted molar refractivity (Wildman–Crippen MR) is 128 cm³/mol. The Morgan fingerprint density at radius 1 is 1.00 bits per heavy atom. The third kappa shape index (κ3) is 5.42. The van der Waals surface area contributed by atoms with Crippen molar-refractivity contribution >= 4 is 69.1 Å². The molecule has 1 saturated heterocycles. The van der Waals surface area contributed by atoms with E-state index in [0.29, 0.717) is 33.2 Å². The van der Waals surface area contributed by atoms with Crippen molar-refractivity contribution in [2.45, 2.75) is 18.9 Å². The van der Waals surface area contributed by atoms with Crippen molar-refractivity contribution in [3.05, 3.63) is 63.2 Å². The van der Waals surface area contributed by atoms with E-state index in [1.807, 2.05) is 0 Å². The number of fused-ring (bicyclic) bond motifs is 1. The summed E-state index contributed by atoms with van der Waals surface area (Å²) < 4.78 is 6.68. The molecule has 1 aliphatic rings. The maximum Gasteiger partial charge on any atom is 0.328 e. The first-order chi connectivity index (χ1) is 15.8. The molecular weight excluding hydrogens is 491 g/mol. The SMILES string of the molecule is O=C(NC[C@H]1CCCO1)C(=O)Nn1c(C(=O)Nc2ccc(Cl)cc2Cl)cc2cc(Cl)ccc21. The fraction of sp³-hybridized carbons (Fsp3) is 0.227. The quantitative estimate of drug-likeness (QED) is 0.448. The number of benzene rings is 2. The molecule has 1 aliphatic heterocycles. The van der Waals surface area contributed by atoms with Crippen LogP contribution in [0.25, 0.3) is 10.9 Å². The highest BCUT2D eigenvalue weighted by atomic mass is 35.5. The van der Waals surface area contributed by atoms with Crippen LogP contribution in [0.5, 0.6) is 0 Å². The van der Waals surface area contributed by atoms with E-state index in [1.54, 1.807) is 36.4 Å². The molecule has 0 saturated carbocycles. The van der Waals surface area contributed by atoms with E-state index in [1.165, 1.54) is 10.7 Å². The van der Waals surface area contributed by atoms with Gasteiger partial charge >= 0.3 is 11.8 Å². The Balaban J connectivity index is 1.58. The number of aromatic nitrogens is 1. The fourth-order valence-electron chi connectivity index (χ4n) is 3.50.